The van der Waals surface area contributed by atoms with Crippen LogP contribution in [0.5, 0.6) is 0 Å². The molecule has 2 aromatic heterocycles. The Morgan fingerprint density at radius 3 is 2.61 bits per heavy atom. The van der Waals surface area contributed by atoms with Crippen molar-refractivity contribution in [3.63, 3.8) is 0 Å². The standard InChI is InChI=1S/C17H21N5O/c1-12-8-14(3)22(20-12)10-13(2)18-9-15-4-6-16(7-5-15)17-19-11-23-21-17/h4-8,11,13,18H,9-10H2,1-3H3. The van der Waals surface area contributed by atoms with Gasteiger partial charge in [0.15, 0.2) is 0 Å². The van der Waals surface area contributed by atoms with Gasteiger partial charge >= 0.3 is 0 Å². The van der Waals surface area contributed by atoms with Crippen LogP contribution in [0, 0.1) is 13.8 Å². The van der Waals surface area contributed by atoms with Gasteiger partial charge in [0, 0.05) is 23.8 Å². The van der Waals surface area contributed by atoms with Crippen LogP contribution in [0.4, 0.5) is 0 Å². The van der Waals surface area contributed by atoms with Crippen LogP contribution >= 0.6 is 0 Å². The third-order valence-corrected chi connectivity index (χ3v) is 3.78. The molecule has 1 aromatic carbocycles. The molecular formula is C17H21N5O. The van der Waals surface area contributed by atoms with Crippen molar-refractivity contribution in [2.24, 2.45) is 0 Å². The molecule has 0 aliphatic heterocycles. The van der Waals surface area contributed by atoms with E-state index in [1.807, 2.05) is 23.7 Å². The molecular weight excluding hydrogens is 290 g/mol. The number of aromatic nitrogens is 4. The Kier molecular flexibility index (Phi) is 4.52. The lowest BCUT2D eigenvalue weighted by Gasteiger charge is -2.15. The van der Waals surface area contributed by atoms with Crippen LogP contribution in [0.1, 0.15) is 23.9 Å². The highest BCUT2D eigenvalue weighted by Crippen LogP contribution is 2.15. The van der Waals surface area contributed by atoms with E-state index in [2.05, 4.69) is 52.6 Å². The summed E-state index contributed by atoms with van der Waals surface area (Å²) in [5, 5.41) is 11.9. The summed E-state index contributed by atoms with van der Waals surface area (Å²) in [4.78, 5) is 4.04. The highest BCUT2D eigenvalue weighted by molar-refractivity contribution is 5.54. The monoisotopic (exact) mass is 311 g/mol. The number of aryl methyl sites for hydroxylation is 2. The van der Waals surface area contributed by atoms with Crippen molar-refractivity contribution in [2.45, 2.75) is 39.9 Å². The van der Waals surface area contributed by atoms with E-state index in [1.165, 1.54) is 17.7 Å². The fraction of sp³-hybridized carbons (Fsp3) is 0.353. The van der Waals surface area contributed by atoms with Crippen molar-refractivity contribution in [3.05, 3.63) is 53.7 Å². The Balaban J connectivity index is 1.54. The molecule has 1 atom stereocenters. The lowest BCUT2D eigenvalue weighted by molar-refractivity contribution is 0.419. The summed E-state index contributed by atoms with van der Waals surface area (Å²) in [6.45, 7) is 7.95. The third kappa shape index (κ3) is 3.84. The Bertz CT molecular complexity index is 746. The lowest BCUT2D eigenvalue weighted by atomic mass is 10.1. The lowest BCUT2D eigenvalue weighted by Crippen LogP contribution is -2.30. The first-order valence-corrected chi connectivity index (χ1v) is 7.72. The second-order valence-corrected chi connectivity index (χ2v) is 5.84. The van der Waals surface area contributed by atoms with Crippen molar-refractivity contribution < 1.29 is 4.52 Å². The number of nitrogens with one attached hydrogen (secondary N) is 1. The molecule has 3 aromatic rings. The highest BCUT2D eigenvalue weighted by atomic mass is 16.5. The van der Waals surface area contributed by atoms with E-state index in [4.69, 9.17) is 4.52 Å². The van der Waals surface area contributed by atoms with Crippen molar-refractivity contribution in [3.8, 4) is 11.4 Å². The average Bonchev–Trinajstić information content (AvgIpc) is 3.16. The normalized spacial score (nSPS) is 12.5. The zero-order valence-corrected chi connectivity index (χ0v) is 13.7. The minimum absolute atomic E-state index is 0.338. The van der Waals surface area contributed by atoms with Crippen molar-refractivity contribution in [1.29, 1.82) is 0 Å². The van der Waals surface area contributed by atoms with E-state index in [0.29, 0.717) is 11.9 Å². The van der Waals surface area contributed by atoms with Crippen LogP contribution in [0.3, 0.4) is 0 Å². The topological polar surface area (TPSA) is 68.8 Å². The van der Waals surface area contributed by atoms with Gasteiger partial charge in [0.1, 0.15) is 0 Å². The molecule has 6 heteroatoms. The molecule has 0 amide bonds. The summed E-state index contributed by atoms with van der Waals surface area (Å²) >= 11 is 0. The van der Waals surface area contributed by atoms with Gasteiger partial charge in [-0.1, -0.05) is 29.4 Å². The molecule has 3 rings (SSSR count). The van der Waals surface area contributed by atoms with Crippen LogP contribution in [0.25, 0.3) is 11.4 Å². The van der Waals surface area contributed by atoms with Crippen LogP contribution in [0.2, 0.25) is 0 Å². The van der Waals surface area contributed by atoms with E-state index in [9.17, 15) is 0 Å². The fourth-order valence-corrected chi connectivity index (χ4v) is 2.55. The summed E-state index contributed by atoms with van der Waals surface area (Å²) < 4.78 is 6.81. The van der Waals surface area contributed by atoms with E-state index in [0.717, 1.165) is 24.3 Å². The molecule has 2 heterocycles. The summed E-state index contributed by atoms with van der Waals surface area (Å²) in [7, 11) is 0. The first-order chi connectivity index (χ1) is 11.1. The minimum Gasteiger partial charge on any atom is -0.342 e. The van der Waals surface area contributed by atoms with E-state index in [1.54, 1.807) is 0 Å². The van der Waals surface area contributed by atoms with Gasteiger partial charge in [-0.05, 0) is 32.4 Å². The van der Waals surface area contributed by atoms with Gasteiger partial charge in [-0.3, -0.25) is 4.68 Å². The number of hydrogen-bond donors (Lipinski definition) is 1. The Hall–Kier alpha value is -2.47. The Morgan fingerprint density at radius 2 is 2.00 bits per heavy atom. The van der Waals surface area contributed by atoms with Crippen molar-refractivity contribution in [1.82, 2.24) is 25.2 Å². The fourth-order valence-electron chi connectivity index (χ4n) is 2.55. The summed E-state index contributed by atoms with van der Waals surface area (Å²) in [6.07, 6.45) is 1.34. The first-order valence-electron chi connectivity index (χ1n) is 7.72. The van der Waals surface area contributed by atoms with Gasteiger partial charge in [0.25, 0.3) is 0 Å². The van der Waals surface area contributed by atoms with Gasteiger partial charge in [-0.25, -0.2) is 0 Å². The van der Waals surface area contributed by atoms with Gasteiger partial charge in [-0.15, -0.1) is 0 Å². The molecule has 120 valence electrons. The number of hydrogen-bond acceptors (Lipinski definition) is 5. The number of rotatable bonds is 6. The van der Waals surface area contributed by atoms with E-state index >= 15 is 0 Å². The summed E-state index contributed by atoms with van der Waals surface area (Å²) in [5.74, 6) is 0.613. The molecule has 0 aliphatic rings. The largest absolute Gasteiger partial charge is 0.342 e. The summed E-state index contributed by atoms with van der Waals surface area (Å²) in [6, 6.07) is 10.6. The Morgan fingerprint density at radius 1 is 1.22 bits per heavy atom. The highest BCUT2D eigenvalue weighted by Gasteiger charge is 2.07. The second kappa shape index (κ2) is 6.75. The van der Waals surface area contributed by atoms with Crippen LogP contribution in [-0.2, 0) is 13.1 Å². The molecule has 0 saturated carbocycles. The molecule has 1 N–H and O–H groups in total. The summed E-state index contributed by atoms with van der Waals surface area (Å²) in [5.41, 5.74) is 4.43. The maximum atomic E-state index is 4.76. The van der Waals surface area contributed by atoms with E-state index in [-0.39, 0.29) is 0 Å². The molecule has 1 unspecified atom stereocenters. The molecule has 23 heavy (non-hydrogen) atoms. The number of benzene rings is 1. The predicted octanol–water partition coefficient (Wildman–Crippen LogP) is 2.73. The Labute approximate surface area is 135 Å². The van der Waals surface area contributed by atoms with Crippen LogP contribution in [-0.4, -0.2) is 26.0 Å². The SMILES string of the molecule is Cc1cc(C)n(CC(C)NCc2ccc(-c3ncon3)cc2)n1. The zero-order chi connectivity index (χ0) is 16.2. The van der Waals surface area contributed by atoms with Gasteiger partial charge in [-0.2, -0.15) is 10.1 Å². The van der Waals surface area contributed by atoms with Gasteiger partial charge < -0.3 is 9.84 Å². The quantitative estimate of drug-likeness (QED) is 0.758. The van der Waals surface area contributed by atoms with Crippen molar-refractivity contribution >= 4 is 0 Å². The zero-order valence-electron chi connectivity index (χ0n) is 13.7. The van der Waals surface area contributed by atoms with Crippen LogP contribution < -0.4 is 5.32 Å². The predicted molar refractivity (Wildman–Crippen MR) is 87.7 cm³/mol. The van der Waals surface area contributed by atoms with Gasteiger partial charge in [0.2, 0.25) is 12.2 Å². The second-order valence-electron chi connectivity index (χ2n) is 5.84. The molecule has 6 nitrogen and oxygen atoms in total. The van der Waals surface area contributed by atoms with Crippen molar-refractivity contribution in [2.75, 3.05) is 0 Å². The third-order valence-electron chi connectivity index (χ3n) is 3.78. The smallest absolute Gasteiger partial charge is 0.214 e. The molecule has 0 bridgehead atoms. The van der Waals surface area contributed by atoms with Gasteiger partial charge in [0.05, 0.1) is 12.2 Å². The molecule has 0 fully saturated rings. The minimum atomic E-state index is 0.338. The molecule has 0 aliphatic carbocycles. The molecule has 0 radical (unpaired) electrons. The average molecular weight is 311 g/mol. The first kappa shape index (κ1) is 15.4. The van der Waals surface area contributed by atoms with Crippen LogP contribution in [0.15, 0.2) is 41.2 Å². The maximum absolute atomic E-state index is 4.76. The van der Waals surface area contributed by atoms with E-state index < -0.39 is 0 Å². The maximum Gasteiger partial charge on any atom is 0.214 e. The number of nitrogens with zero attached hydrogens (tertiary/aromatic N) is 4. The molecule has 0 saturated heterocycles. The molecule has 0 spiro atoms.